The summed E-state index contributed by atoms with van der Waals surface area (Å²) >= 11 is 5.92. The summed E-state index contributed by atoms with van der Waals surface area (Å²) in [5, 5.41) is 4.20. The smallest absolute Gasteiger partial charge is 0.253 e. The number of halogens is 1. The van der Waals surface area contributed by atoms with E-state index in [0.29, 0.717) is 17.1 Å². The number of piperidine rings is 1. The maximum Gasteiger partial charge on any atom is 0.253 e. The quantitative estimate of drug-likeness (QED) is 0.847. The number of likely N-dealkylation sites (tertiary alicyclic amines) is 1. The second-order valence-electron chi connectivity index (χ2n) is 8.03. The Labute approximate surface area is 172 Å². The summed E-state index contributed by atoms with van der Waals surface area (Å²) in [5.41, 5.74) is 3.46. The highest BCUT2D eigenvalue weighted by atomic mass is 35.5. The Balaban J connectivity index is 1.29. The van der Waals surface area contributed by atoms with Gasteiger partial charge in [-0.15, -0.1) is 0 Å². The molecule has 4 rings (SSSR count). The normalized spacial score (nSPS) is 21.2. The Kier molecular flexibility index (Phi) is 6.00. The van der Waals surface area contributed by atoms with Gasteiger partial charge in [-0.3, -0.25) is 15.0 Å². The predicted octanol–water partition coefficient (Wildman–Crippen LogP) is 3.97. The Morgan fingerprint density at radius 1 is 1.04 bits per heavy atom. The molecule has 2 saturated heterocycles. The van der Waals surface area contributed by atoms with Crippen LogP contribution >= 0.6 is 11.6 Å². The Hall–Kier alpha value is -1.88. The van der Waals surface area contributed by atoms with E-state index >= 15 is 0 Å². The van der Waals surface area contributed by atoms with Crippen molar-refractivity contribution < 1.29 is 4.79 Å². The van der Waals surface area contributed by atoms with E-state index in [9.17, 15) is 4.79 Å². The van der Waals surface area contributed by atoms with Gasteiger partial charge in [0.25, 0.3) is 5.91 Å². The van der Waals surface area contributed by atoms with Crippen LogP contribution in [0.1, 0.15) is 40.5 Å². The van der Waals surface area contributed by atoms with E-state index in [4.69, 9.17) is 11.6 Å². The SMILES string of the molecule is CN1CCNC1c1ccc(CC2CCN(C(=O)c3ccc(Cl)cc3)CC2)cc1. The van der Waals surface area contributed by atoms with E-state index in [-0.39, 0.29) is 5.91 Å². The highest BCUT2D eigenvalue weighted by Crippen LogP contribution is 2.25. The molecule has 1 atom stereocenters. The van der Waals surface area contributed by atoms with E-state index in [1.54, 1.807) is 12.1 Å². The Morgan fingerprint density at radius 2 is 1.71 bits per heavy atom. The van der Waals surface area contributed by atoms with Gasteiger partial charge in [-0.05, 0) is 67.6 Å². The van der Waals surface area contributed by atoms with Gasteiger partial charge in [0.1, 0.15) is 0 Å². The Bertz CT molecular complexity index is 798. The molecule has 2 fully saturated rings. The number of carbonyl (C=O) groups excluding carboxylic acids is 1. The maximum atomic E-state index is 12.6. The van der Waals surface area contributed by atoms with Crippen LogP contribution in [0.5, 0.6) is 0 Å². The van der Waals surface area contributed by atoms with E-state index in [2.05, 4.69) is 41.5 Å². The monoisotopic (exact) mass is 397 g/mol. The van der Waals surface area contributed by atoms with Crippen molar-refractivity contribution in [1.29, 1.82) is 0 Å². The number of nitrogens with zero attached hydrogens (tertiary/aromatic N) is 2. The Morgan fingerprint density at radius 3 is 2.32 bits per heavy atom. The molecule has 1 amide bonds. The fourth-order valence-corrected chi connectivity index (χ4v) is 4.45. The first-order valence-corrected chi connectivity index (χ1v) is 10.6. The molecular formula is C23H28ClN3O. The molecule has 5 heteroatoms. The van der Waals surface area contributed by atoms with E-state index in [0.717, 1.165) is 51.0 Å². The topological polar surface area (TPSA) is 35.6 Å². The summed E-state index contributed by atoms with van der Waals surface area (Å²) in [7, 11) is 2.16. The van der Waals surface area contributed by atoms with Crippen LogP contribution in [0.4, 0.5) is 0 Å². The summed E-state index contributed by atoms with van der Waals surface area (Å²) in [6.07, 6.45) is 3.57. The standard InChI is InChI=1S/C23H28ClN3O/c1-26-15-12-25-22(26)19-4-2-17(3-5-19)16-18-10-13-27(14-11-18)23(28)20-6-8-21(24)9-7-20/h2-9,18,22,25H,10-16H2,1H3. The fraction of sp³-hybridized carbons (Fsp3) is 0.435. The lowest BCUT2D eigenvalue weighted by atomic mass is 9.89. The van der Waals surface area contributed by atoms with Crippen molar-refractivity contribution >= 4 is 17.5 Å². The van der Waals surface area contributed by atoms with Gasteiger partial charge in [-0.25, -0.2) is 0 Å². The van der Waals surface area contributed by atoms with Crippen LogP contribution in [-0.4, -0.2) is 48.9 Å². The summed E-state index contributed by atoms with van der Waals surface area (Å²) in [4.78, 5) is 17.0. The zero-order valence-electron chi connectivity index (χ0n) is 16.4. The molecule has 2 aliphatic rings. The van der Waals surface area contributed by atoms with Gasteiger partial charge in [-0.1, -0.05) is 35.9 Å². The number of benzene rings is 2. The van der Waals surface area contributed by atoms with Crippen LogP contribution in [0.15, 0.2) is 48.5 Å². The van der Waals surface area contributed by atoms with Gasteiger partial charge in [0.2, 0.25) is 0 Å². The highest BCUT2D eigenvalue weighted by molar-refractivity contribution is 6.30. The number of amides is 1. The minimum atomic E-state index is 0.118. The molecule has 0 radical (unpaired) electrons. The molecule has 0 spiro atoms. The average Bonchev–Trinajstić information content (AvgIpc) is 3.15. The minimum Gasteiger partial charge on any atom is -0.339 e. The first kappa shape index (κ1) is 19.4. The van der Waals surface area contributed by atoms with Gasteiger partial charge in [0, 0.05) is 36.8 Å². The van der Waals surface area contributed by atoms with E-state index in [1.165, 1.54) is 11.1 Å². The molecule has 0 aliphatic carbocycles. The molecule has 0 aromatic heterocycles. The van der Waals surface area contributed by atoms with Crippen molar-refractivity contribution in [3.63, 3.8) is 0 Å². The second kappa shape index (κ2) is 8.64. The van der Waals surface area contributed by atoms with Crippen LogP contribution in [0.25, 0.3) is 0 Å². The van der Waals surface area contributed by atoms with Crippen molar-refractivity contribution in [2.45, 2.75) is 25.4 Å². The van der Waals surface area contributed by atoms with Gasteiger partial charge < -0.3 is 4.90 Å². The predicted molar refractivity (Wildman–Crippen MR) is 114 cm³/mol. The summed E-state index contributed by atoms with van der Waals surface area (Å²) in [5.74, 6) is 0.764. The molecule has 148 valence electrons. The van der Waals surface area contributed by atoms with Crippen LogP contribution in [0.2, 0.25) is 5.02 Å². The fourth-order valence-electron chi connectivity index (χ4n) is 4.32. The zero-order chi connectivity index (χ0) is 19.5. The minimum absolute atomic E-state index is 0.118. The third-order valence-corrected chi connectivity index (χ3v) is 6.31. The molecule has 2 aromatic rings. The van der Waals surface area contributed by atoms with E-state index < -0.39 is 0 Å². The molecule has 1 unspecified atom stereocenters. The molecule has 0 bridgehead atoms. The van der Waals surface area contributed by atoms with Crippen LogP contribution in [0.3, 0.4) is 0 Å². The van der Waals surface area contributed by atoms with Crippen molar-refractivity contribution in [1.82, 2.24) is 15.1 Å². The third-order valence-electron chi connectivity index (χ3n) is 6.06. The van der Waals surface area contributed by atoms with Crippen LogP contribution < -0.4 is 5.32 Å². The van der Waals surface area contributed by atoms with Crippen molar-refractivity contribution in [3.05, 3.63) is 70.2 Å². The van der Waals surface area contributed by atoms with Crippen LogP contribution in [0, 0.1) is 5.92 Å². The first-order chi connectivity index (χ1) is 13.6. The number of hydrogen-bond acceptors (Lipinski definition) is 3. The molecule has 2 aliphatic heterocycles. The lowest BCUT2D eigenvalue weighted by Crippen LogP contribution is -2.38. The number of nitrogens with one attached hydrogen (secondary N) is 1. The highest BCUT2D eigenvalue weighted by Gasteiger charge is 2.24. The molecular weight excluding hydrogens is 370 g/mol. The van der Waals surface area contributed by atoms with E-state index in [1.807, 2.05) is 17.0 Å². The van der Waals surface area contributed by atoms with Gasteiger partial charge in [-0.2, -0.15) is 0 Å². The first-order valence-electron chi connectivity index (χ1n) is 10.2. The lowest BCUT2D eigenvalue weighted by Gasteiger charge is -2.32. The molecule has 2 aromatic carbocycles. The van der Waals surface area contributed by atoms with Gasteiger partial charge in [0.15, 0.2) is 0 Å². The third kappa shape index (κ3) is 4.40. The molecule has 1 N–H and O–H groups in total. The average molecular weight is 398 g/mol. The van der Waals surface area contributed by atoms with Gasteiger partial charge in [0.05, 0.1) is 6.17 Å². The number of likely N-dealkylation sites (N-methyl/N-ethyl adjacent to an activating group) is 1. The van der Waals surface area contributed by atoms with Crippen molar-refractivity contribution in [2.75, 3.05) is 33.2 Å². The van der Waals surface area contributed by atoms with Gasteiger partial charge >= 0.3 is 0 Å². The maximum absolute atomic E-state index is 12.6. The summed E-state index contributed by atoms with van der Waals surface area (Å²) in [6.45, 7) is 3.82. The van der Waals surface area contributed by atoms with Crippen molar-refractivity contribution in [3.8, 4) is 0 Å². The van der Waals surface area contributed by atoms with Crippen LogP contribution in [-0.2, 0) is 6.42 Å². The number of hydrogen-bond donors (Lipinski definition) is 1. The van der Waals surface area contributed by atoms with Crippen molar-refractivity contribution in [2.24, 2.45) is 5.92 Å². The summed E-state index contributed by atoms with van der Waals surface area (Å²) in [6, 6.07) is 16.3. The molecule has 0 saturated carbocycles. The lowest BCUT2D eigenvalue weighted by molar-refractivity contribution is 0.0690. The molecule has 28 heavy (non-hydrogen) atoms. The largest absolute Gasteiger partial charge is 0.339 e. The number of carbonyl (C=O) groups is 1. The molecule has 2 heterocycles. The zero-order valence-corrected chi connectivity index (χ0v) is 17.2. The molecule has 4 nitrogen and oxygen atoms in total. The summed E-state index contributed by atoms with van der Waals surface area (Å²) < 4.78 is 0. The number of rotatable bonds is 4. The second-order valence-corrected chi connectivity index (χ2v) is 8.46.